The average molecular weight is 304 g/mol. The SMILES string of the molecule is O=C(NC1CCN(CC2(CO)COC2)CC1)c1ccccc1. The fourth-order valence-electron chi connectivity index (χ4n) is 3.19. The zero-order valence-corrected chi connectivity index (χ0v) is 12.8. The van der Waals surface area contributed by atoms with Gasteiger partial charge in [-0.2, -0.15) is 0 Å². The highest BCUT2D eigenvalue weighted by Crippen LogP contribution is 2.29. The number of hydrogen-bond acceptors (Lipinski definition) is 4. The third kappa shape index (κ3) is 3.48. The summed E-state index contributed by atoms with van der Waals surface area (Å²) in [6.45, 7) is 4.33. The lowest BCUT2D eigenvalue weighted by molar-refractivity contribution is -0.149. The first-order chi connectivity index (χ1) is 10.7. The Bertz CT molecular complexity index is 488. The van der Waals surface area contributed by atoms with Crippen LogP contribution in [0.15, 0.2) is 30.3 Å². The molecule has 0 aliphatic carbocycles. The molecule has 2 heterocycles. The number of aliphatic hydroxyl groups excluding tert-OH is 1. The van der Waals surface area contributed by atoms with Crippen molar-refractivity contribution in [3.8, 4) is 0 Å². The Morgan fingerprint density at radius 2 is 1.95 bits per heavy atom. The molecule has 5 heteroatoms. The molecule has 1 aromatic rings. The van der Waals surface area contributed by atoms with Crippen LogP contribution < -0.4 is 5.32 Å². The van der Waals surface area contributed by atoms with Crippen LogP contribution in [-0.4, -0.2) is 61.4 Å². The molecule has 0 bridgehead atoms. The van der Waals surface area contributed by atoms with E-state index in [1.54, 1.807) is 0 Å². The van der Waals surface area contributed by atoms with E-state index in [-0.39, 0.29) is 24.0 Å². The van der Waals surface area contributed by atoms with E-state index in [1.807, 2.05) is 30.3 Å². The minimum atomic E-state index is -0.0554. The monoisotopic (exact) mass is 304 g/mol. The van der Waals surface area contributed by atoms with Gasteiger partial charge >= 0.3 is 0 Å². The zero-order valence-electron chi connectivity index (χ0n) is 12.8. The van der Waals surface area contributed by atoms with Crippen LogP contribution in [0.25, 0.3) is 0 Å². The number of likely N-dealkylation sites (tertiary alicyclic amines) is 1. The lowest BCUT2D eigenvalue weighted by Crippen LogP contribution is -2.55. The summed E-state index contributed by atoms with van der Waals surface area (Å²) in [6.07, 6.45) is 1.92. The number of rotatable bonds is 5. The number of carbonyl (C=O) groups is 1. The van der Waals surface area contributed by atoms with Crippen molar-refractivity contribution < 1.29 is 14.6 Å². The minimum Gasteiger partial charge on any atom is -0.396 e. The van der Waals surface area contributed by atoms with Crippen molar-refractivity contribution >= 4 is 5.91 Å². The Balaban J connectivity index is 1.45. The van der Waals surface area contributed by atoms with Crippen LogP contribution in [0, 0.1) is 5.41 Å². The molecule has 2 aliphatic heterocycles. The molecule has 0 atom stereocenters. The van der Waals surface area contributed by atoms with Gasteiger partial charge in [0, 0.05) is 31.2 Å². The average Bonchev–Trinajstić information content (AvgIpc) is 2.53. The maximum atomic E-state index is 12.2. The van der Waals surface area contributed by atoms with Crippen molar-refractivity contribution in [1.82, 2.24) is 10.2 Å². The lowest BCUT2D eigenvalue weighted by Gasteiger charge is -2.45. The van der Waals surface area contributed by atoms with E-state index in [4.69, 9.17) is 4.74 Å². The van der Waals surface area contributed by atoms with Crippen molar-refractivity contribution in [3.05, 3.63) is 35.9 Å². The number of aliphatic hydroxyl groups is 1. The predicted octanol–water partition coefficient (Wildman–Crippen LogP) is 0.890. The van der Waals surface area contributed by atoms with E-state index in [2.05, 4.69) is 10.2 Å². The van der Waals surface area contributed by atoms with E-state index in [0.29, 0.717) is 13.2 Å². The summed E-state index contributed by atoms with van der Waals surface area (Å²) < 4.78 is 5.25. The fraction of sp³-hybridized carbons (Fsp3) is 0.588. The Hall–Kier alpha value is -1.43. The quantitative estimate of drug-likeness (QED) is 0.848. The van der Waals surface area contributed by atoms with E-state index in [9.17, 15) is 9.90 Å². The molecule has 0 saturated carbocycles. The van der Waals surface area contributed by atoms with Crippen LogP contribution in [0.1, 0.15) is 23.2 Å². The smallest absolute Gasteiger partial charge is 0.251 e. The molecular weight excluding hydrogens is 280 g/mol. The van der Waals surface area contributed by atoms with Gasteiger partial charge in [-0.25, -0.2) is 0 Å². The summed E-state index contributed by atoms with van der Waals surface area (Å²) in [5.74, 6) is 0.0123. The van der Waals surface area contributed by atoms with Gasteiger partial charge in [0.1, 0.15) is 0 Å². The molecular formula is C17H24N2O3. The summed E-state index contributed by atoms with van der Waals surface area (Å²) in [6, 6.07) is 9.60. The standard InChI is InChI=1S/C17H24N2O3/c20-11-17(12-22-13-17)10-19-8-6-15(7-9-19)18-16(21)14-4-2-1-3-5-14/h1-5,15,20H,6-13H2,(H,18,21). The Labute approximate surface area is 131 Å². The number of nitrogens with zero attached hydrogens (tertiary/aromatic N) is 1. The first-order valence-corrected chi connectivity index (χ1v) is 7.98. The molecule has 120 valence electrons. The second-order valence-electron chi connectivity index (χ2n) is 6.54. The molecule has 2 aliphatic rings. The highest BCUT2D eigenvalue weighted by atomic mass is 16.5. The summed E-state index contributed by atoms with van der Waals surface area (Å²) in [7, 11) is 0. The predicted molar refractivity (Wildman–Crippen MR) is 83.7 cm³/mol. The molecule has 2 fully saturated rings. The third-order valence-electron chi connectivity index (χ3n) is 4.67. The normalized spacial score (nSPS) is 22.0. The topological polar surface area (TPSA) is 61.8 Å². The van der Waals surface area contributed by atoms with Gasteiger partial charge in [0.15, 0.2) is 0 Å². The Kier molecular flexibility index (Phi) is 4.76. The van der Waals surface area contributed by atoms with Crippen LogP contribution >= 0.6 is 0 Å². The summed E-state index contributed by atoms with van der Waals surface area (Å²) in [5, 5.41) is 12.6. The van der Waals surface area contributed by atoms with Gasteiger partial charge < -0.3 is 20.1 Å². The first-order valence-electron chi connectivity index (χ1n) is 7.98. The molecule has 2 saturated heterocycles. The number of amides is 1. The molecule has 0 radical (unpaired) electrons. The van der Waals surface area contributed by atoms with Gasteiger partial charge in [-0.3, -0.25) is 4.79 Å². The van der Waals surface area contributed by atoms with E-state index >= 15 is 0 Å². The number of piperidine rings is 1. The molecule has 1 aromatic carbocycles. The summed E-state index contributed by atoms with van der Waals surface area (Å²) in [5.41, 5.74) is 0.663. The number of nitrogens with one attached hydrogen (secondary N) is 1. The van der Waals surface area contributed by atoms with Gasteiger partial charge in [0.2, 0.25) is 0 Å². The van der Waals surface area contributed by atoms with Gasteiger partial charge in [-0.05, 0) is 25.0 Å². The van der Waals surface area contributed by atoms with Crippen LogP contribution in [0.4, 0.5) is 0 Å². The van der Waals surface area contributed by atoms with Crippen LogP contribution in [0.2, 0.25) is 0 Å². The third-order valence-corrected chi connectivity index (χ3v) is 4.67. The van der Waals surface area contributed by atoms with Gasteiger partial charge in [0.25, 0.3) is 5.91 Å². The molecule has 0 spiro atoms. The maximum absolute atomic E-state index is 12.2. The lowest BCUT2D eigenvalue weighted by atomic mass is 9.85. The molecule has 3 rings (SSSR count). The Morgan fingerprint density at radius 3 is 2.50 bits per heavy atom. The van der Waals surface area contributed by atoms with E-state index < -0.39 is 0 Å². The van der Waals surface area contributed by atoms with Crippen molar-refractivity contribution in [1.29, 1.82) is 0 Å². The van der Waals surface area contributed by atoms with Crippen molar-refractivity contribution in [2.75, 3.05) is 39.5 Å². The van der Waals surface area contributed by atoms with Crippen LogP contribution in [-0.2, 0) is 4.74 Å². The number of ether oxygens (including phenoxy) is 1. The molecule has 5 nitrogen and oxygen atoms in total. The van der Waals surface area contributed by atoms with Crippen molar-refractivity contribution in [2.24, 2.45) is 5.41 Å². The largest absolute Gasteiger partial charge is 0.396 e. The zero-order chi connectivity index (χ0) is 15.4. The molecule has 22 heavy (non-hydrogen) atoms. The highest BCUT2D eigenvalue weighted by Gasteiger charge is 2.40. The maximum Gasteiger partial charge on any atom is 0.251 e. The Morgan fingerprint density at radius 1 is 1.27 bits per heavy atom. The van der Waals surface area contributed by atoms with Crippen molar-refractivity contribution in [2.45, 2.75) is 18.9 Å². The van der Waals surface area contributed by atoms with Crippen LogP contribution in [0.5, 0.6) is 0 Å². The molecule has 0 aromatic heterocycles. The fourth-order valence-corrected chi connectivity index (χ4v) is 3.19. The van der Waals surface area contributed by atoms with Gasteiger partial charge in [0.05, 0.1) is 25.2 Å². The second-order valence-corrected chi connectivity index (χ2v) is 6.54. The number of carbonyl (C=O) groups excluding carboxylic acids is 1. The summed E-state index contributed by atoms with van der Waals surface area (Å²) in [4.78, 5) is 14.5. The van der Waals surface area contributed by atoms with E-state index in [1.165, 1.54) is 0 Å². The second kappa shape index (κ2) is 6.77. The number of benzene rings is 1. The molecule has 1 amide bonds. The van der Waals surface area contributed by atoms with Crippen molar-refractivity contribution in [3.63, 3.8) is 0 Å². The molecule has 0 unspecified atom stereocenters. The van der Waals surface area contributed by atoms with Crippen LogP contribution in [0.3, 0.4) is 0 Å². The summed E-state index contributed by atoms with van der Waals surface area (Å²) >= 11 is 0. The molecule has 2 N–H and O–H groups in total. The number of hydrogen-bond donors (Lipinski definition) is 2. The van der Waals surface area contributed by atoms with Gasteiger partial charge in [-0.1, -0.05) is 18.2 Å². The highest BCUT2D eigenvalue weighted by molar-refractivity contribution is 5.94. The minimum absolute atomic E-state index is 0.0123. The first kappa shape index (κ1) is 15.5. The van der Waals surface area contributed by atoms with Gasteiger partial charge in [-0.15, -0.1) is 0 Å². The van der Waals surface area contributed by atoms with E-state index in [0.717, 1.165) is 38.0 Å².